The third-order valence-electron chi connectivity index (χ3n) is 3.58. The van der Waals surface area contributed by atoms with Gasteiger partial charge >= 0.3 is 5.97 Å². The molecule has 98 valence electrons. The number of halogens is 2. The summed E-state index contributed by atoms with van der Waals surface area (Å²) in [6, 6.07) is 4.78. The van der Waals surface area contributed by atoms with Gasteiger partial charge in [0, 0.05) is 22.6 Å². The Balaban J connectivity index is 2.11. The number of nitrogens with zero attached hydrogens (tertiary/aromatic N) is 1. The average molecular weight is 316 g/mol. The van der Waals surface area contributed by atoms with E-state index in [9.17, 15) is 9.18 Å². The van der Waals surface area contributed by atoms with E-state index in [1.807, 2.05) is 11.8 Å². The smallest absolute Gasteiger partial charge is 0.308 e. The molecule has 1 aliphatic rings. The third kappa shape index (κ3) is 2.72. The van der Waals surface area contributed by atoms with Gasteiger partial charge in [-0.3, -0.25) is 9.69 Å². The summed E-state index contributed by atoms with van der Waals surface area (Å²) in [5.74, 6) is -1.36. The van der Waals surface area contributed by atoms with Crippen LogP contribution < -0.4 is 0 Å². The molecule has 18 heavy (non-hydrogen) atoms. The lowest BCUT2D eigenvalue weighted by molar-refractivity contribution is -0.142. The first-order valence-electron chi connectivity index (χ1n) is 5.90. The summed E-state index contributed by atoms with van der Waals surface area (Å²) in [5, 5.41) is 9.06. The van der Waals surface area contributed by atoms with Crippen LogP contribution in [0.2, 0.25) is 0 Å². The highest BCUT2D eigenvalue weighted by Crippen LogP contribution is 2.27. The largest absolute Gasteiger partial charge is 0.481 e. The molecule has 1 saturated heterocycles. The van der Waals surface area contributed by atoms with Crippen LogP contribution in [0.5, 0.6) is 0 Å². The highest BCUT2D eigenvalue weighted by molar-refractivity contribution is 9.10. The van der Waals surface area contributed by atoms with Gasteiger partial charge in [-0.15, -0.1) is 0 Å². The molecule has 2 atom stereocenters. The number of carboxylic acids is 1. The van der Waals surface area contributed by atoms with Gasteiger partial charge in [-0.1, -0.05) is 15.9 Å². The highest BCUT2D eigenvalue weighted by atomic mass is 79.9. The van der Waals surface area contributed by atoms with E-state index in [0.29, 0.717) is 25.1 Å². The predicted octanol–water partition coefficient (Wildman–Crippen LogP) is 2.88. The van der Waals surface area contributed by atoms with Crippen molar-refractivity contribution in [1.29, 1.82) is 0 Å². The van der Waals surface area contributed by atoms with Crippen LogP contribution in [-0.4, -0.2) is 28.6 Å². The van der Waals surface area contributed by atoms with Gasteiger partial charge in [0.25, 0.3) is 0 Å². The Bertz CT molecular complexity index is 466. The van der Waals surface area contributed by atoms with Crippen molar-refractivity contribution in [3.05, 3.63) is 34.1 Å². The number of likely N-dealkylation sites (tertiary alicyclic amines) is 1. The quantitative estimate of drug-likeness (QED) is 0.932. The highest BCUT2D eigenvalue weighted by Gasteiger charge is 2.35. The molecule has 1 aliphatic heterocycles. The van der Waals surface area contributed by atoms with Crippen LogP contribution in [0.4, 0.5) is 4.39 Å². The zero-order valence-electron chi connectivity index (χ0n) is 10.1. The van der Waals surface area contributed by atoms with Crippen LogP contribution >= 0.6 is 15.9 Å². The molecule has 1 aromatic carbocycles. The minimum Gasteiger partial charge on any atom is -0.481 e. The lowest BCUT2D eigenvalue weighted by Crippen LogP contribution is -2.32. The summed E-state index contributed by atoms with van der Waals surface area (Å²) < 4.78 is 14.5. The maximum absolute atomic E-state index is 13.6. The normalized spacial score (nSPS) is 24.4. The Morgan fingerprint density at radius 1 is 1.61 bits per heavy atom. The minimum atomic E-state index is -0.764. The van der Waals surface area contributed by atoms with Crippen LogP contribution in [0.25, 0.3) is 0 Å². The molecular formula is C13H15BrFNO2. The minimum absolute atomic E-state index is 0.0547. The third-order valence-corrected chi connectivity index (χ3v) is 4.08. The van der Waals surface area contributed by atoms with E-state index in [2.05, 4.69) is 15.9 Å². The SMILES string of the molecule is CC1C(C(=O)O)CCN1Cc1cc(Br)ccc1F. The van der Waals surface area contributed by atoms with Crippen molar-refractivity contribution >= 4 is 21.9 Å². The fraction of sp³-hybridized carbons (Fsp3) is 0.462. The zero-order valence-corrected chi connectivity index (χ0v) is 11.7. The number of carbonyl (C=O) groups is 1. The van der Waals surface area contributed by atoms with Crippen LogP contribution in [0.3, 0.4) is 0 Å². The second-order valence-electron chi connectivity index (χ2n) is 4.68. The van der Waals surface area contributed by atoms with Gasteiger partial charge in [-0.2, -0.15) is 0 Å². The van der Waals surface area contributed by atoms with E-state index < -0.39 is 5.97 Å². The van der Waals surface area contributed by atoms with Gasteiger partial charge < -0.3 is 5.11 Å². The lowest BCUT2D eigenvalue weighted by atomic mass is 10.0. The molecule has 1 aromatic rings. The molecule has 0 amide bonds. The van der Waals surface area contributed by atoms with Crippen molar-refractivity contribution in [2.75, 3.05) is 6.54 Å². The van der Waals surface area contributed by atoms with E-state index >= 15 is 0 Å². The van der Waals surface area contributed by atoms with Crippen LogP contribution in [-0.2, 0) is 11.3 Å². The van der Waals surface area contributed by atoms with Gasteiger partial charge in [0.05, 0.1) is 5.92 Å². The maximum atomic E-state index is 13.6. The Morgan fingerprint density at radius 2 is 2.33 bits per heavy atom. The number of rotatable bonds is 3. The van der Waals surface area contributed by atoms with Crippen molar-refractivity contribution < 1.29 is 14.3 Å². The van der Waals surface area contributed by atoms with Gasteiger partial charge in [-0.25, -0.2) is 4.39 Å². The molecule has 0 bridgehead atoms. The fourth-order valence-electron chi connectivity index (χ4n) is 2.44. The lowest BCUT2D eigenvalue weighted by Gasteiger charge is -2.23. The summed E-state index contributed by atoms with van der Waals surface area (Å²) in [6.07, 6.45) is 0.631. The van der Waals surface area contributed by atoms with E-state index in [1.54, 1.807) is 12.1 Å². The molecule has 0 aromatic heterocycles. The zero-order chi connectivity index (χ0) is 13.3. The first kappa shape index (κ1) is 13.5. The molecule has 1 heterocycles. The second-order valence-corrected chi connectivity index (χ2v) is 5.60. The molecular weight excluding hydrogens is 301 g/mol. The van der Waals surface area contributed by atoms with E-state index in [0.717, 1.165) is 4.47 Å². The first-order valence-corrected chi connectivity index (χ1v) is 6.69. The van der Waals surface area contributed by atoms with E-state index in [1.165, 1.54) is 6.07 Å². The summed E-state index contributed by atoms with van der Waals surface area (Å²) >= 11 is 3.32. The predicted molar refractivity (Wildman–Crippen MR) is 69.7 cm³/mol. The van der Waals surface area contributed by atoms with Gasteiger partial charge in [0.2, 0.25) is 0 Å². The van der Waals surface area contributed by atoms with Crippen molar-refractivity contribution in [3.8, 4) is 0 Å². The van der Waals surface area contributed by atoms with Crippen molar-refractivity contribution in [1.82, 2.24) is 4.90 Å². The van der Waals surface area contributed by atoms with E-state index in [-0.39, 0.29) is 17.8 Å². The molecule has 0 saturated carbocycles. The van der Waals surface area contributed by atoms with Gasteiger partial charge in [0.15, 0.2) is 0 Å². The summed E-state index contributed by atoms with van der Waals surface area (Å²) in [6.45, 7) is 3.04. The van der Waals surface area contributed by atoms with Gasteiger partial charge in [0.1, 0.15) is 5.82 Å². The molecule has 1 fully saturated rings. The number of aliphatic carboxylic acids is 1. The first-order chi connectivity index (χ1) is 8.49. The number of benzene rings is 1. The van der Waals surface area contributed by atoms with Crippen LogP contribution in [0.15, 0.2) is 22.7 Å². The topological polar surface area (TPSA) is 40.5 Å². The summed E-state index contributed by atoms with van der Waals surface area (Å²) in [7, 11) is 0. The van der Waals surface area contributed by atoms with Crippen molar-refractivity contribution in [2.24, 2.45) is 5.92 Å². The average Bonchev–Trinajstić information content (AvgIpc) is 2.66. The monoisotopic (exact) mass is 315 g/mol. The Hall–Kier alpha value is -0.940. The standard InChI is InChI=1S/C13H15BrFNO2/c1-8-11(13(17)18)4-5-16(8)7-9-6-10(14)2-3-12(9)15/h2-3,6,8,11H,4-5,7H2,1H3,(H,17,18). The molecule has 2 unspecified atom stereocenters. The molecule has 5 heteroatoms. The van der Waals surface area contributed by atoms with E-state index in [4.69, 9.17) is 5.11 Å². The molecule has 3 nitrogen and oxygen atoms in total. The molecule has 0 aliphatic carbocycles. The number of carboxylic acid groups (broad SMARTS) is 1. The molecule has 2 rings (SSSR count). The molecule has 0 radical (unpaired) electrons. The summed E-state index contributed by atoms with van der Waals surface area (Å²) in [5.41, 5.74) is 0.599. The number of hydrogen-bond donors (Lipinski definition) is 1. The Labute approximate surface area is 114 Å². The van der Waals surface area contributed by atoms with Crippen molar-refractivity contribution in [3.63, 3.8) is 0 Å². The summed E-state index contributed by atoms with van der Waals surface area (Å²) in [4.78, 5) is 13.0. The fourth-order valence-corrected chi connectivity index (χ4v) is 2.85. The van der Waals surface area contributed by atoms with Gasteiger partial charge in [-0.05, 0) is 38.1 Å². The second kappa shape index (κ2) is 5.36. The number of hydrogen-bond acceptors (Lipinski definition) is 2. The van der Waals surface area contributed by atoms with Crippen LogP contribution in [0.1, 0.15) is 18.9 Å². The van der Waals surface area contributed by atoms with Crippen molar-refractivity contribution in [2.45, 2.75) is 25.9 Å². The molecule has 0 spiro atoms. The molecule has 1 N–H and O–H groups in total. The van der Waals surface area contributed by atoms with Crippen LogP contribution in [0, 0.1) is 11.7 Å². The Kier molecular flexibility index (Phi) is 4.02. The maximum Gasteiger partial charge on any atom is 0.308 e. The Morgan fingerprint density at radius 3 is 2.94 bits per heavy atom.